The number of fused-ring (bicyclic) bond motifs is 1. The molecule has 3 N–H and O–H groups in total. The van der Waals surface area contributed by atoms with E-state index in [0.29, 0.717) is 11.3 Å². The summed E-state index contributed by atoms with van der Waals surface area (Å²) in [6, 6.07) is 13.8. The highest BCUT2D eigenvalue weighted by Gasteiger charge is 2.48. The van der Waals surface area contributed by atoms with Crippen LogP contribution in [0.1, 0.15) is 24.0 Å². The Morgan fingerprint density at radius 2 is 1.87 bits per heavy atom. The van der Waals surface area contributed by atoms with Crippen molar-refractivity contribution in [2.24, 2.45) is 5.92 Å². The van der Waals surface area contributed by atoms with Gasteiger partial charge in [0.05, 0.1) is 24.8 Å². The summed E-state index contributed by atoms with van der Waals surface area (Å²) < 4.78 is 5.03. The Bertz CT molecular complexity index is 951. The third-order valence-corrected chi connectivity index (χ3v) is 6.53. The van der Waals surface area contributed by atoms with Crippen molar-refractivity contribution in [3.05, 3.63) is 77.3 Å². The van der Waals surface area contributed by atoms with Gasteiger partial charge in [-0.2, -0.15) is 0 Å². The highest BCUT2D eigenvalue weighted by atomic mass is 32.2. The van der Waals surface area contributed by atoms with Gasteiger partial charge in [0.1, 0.15) is 5.50 Å². The van der Waals surface area contributed by atoms with Gasteiger partial charge < -0.3 is 15.4 Å². The first-order chi connectivity index (χ1) is 14.6. The summed E-state index contributed by atoms with van der Waals surface area (Å²) in [5.41, 5.74) is 2.98. The van der Waals surface area contributed by atoms with Crippen LogP contribution in [0, 0.1) is 5.92 Å². The van der Waals surface area contributed by atoms with Gasteiger partial charge in [0.25, 0.3) is 0 Å². The second-order valence-corrected chi connectivity index (χ2v) is 8.38. The number of nitrogens with one attached hydrogen (secondary N) is 3. The molecule has 2 aliphatic heterocycles. The number of carbonyl (C=O) groups is 2. The fourth-order valence-corrected chi connectivity index (χ4v) is 5.06. The number of nitrogens with zero attached hydrogens (tertiary/aromatic N) is 1. The van der Waals surface area contributed by atoms with Crippen molar-refractivity contribution in [1.82, 2.24) is 20.9 Å². The summed E-state index contributed by atoms with van der Waals surface area (Å²) in [4.78, 5) is 29.8. The molecular formula is C22H24N4O3S. The molecule has 2 aliphatic rings. The molecule has 0 aliphatic carbocycles. The molecular weight excluding hydrogens is 400 g/mol. The Morgan fingerprint density at radius 1 is 1.13 bits per heavy atom. The number of pyridine rings is 1. The Balaban J connectivity index is 1.60. The minimum atomic E-state index is -0.501. The molecule has 7 nitrogen and oxygen atoms in total. The van der Waals surface area contributed by atoms with Crippen LogP contribution < -0.4 is 16.0 Å². The van der Waals surface area contributed by atoms with Crippen molar-refractivity contribution in [2.75, 3.05) is 7.11 Å². The molecule has 4 rings (SSSR count). The van der Waals surface area contributed by atoms with Crippen LogP contribution in [0.15, 0.2) is 66.1 Å². The van der Waals surface area contributed by atoms with Gasteiger partial charge in [0.15, 0.2) is 0 Å². The summed E-state index contributed by atoms with van der Waals surface area (Å²) in [6.45, 7) is 1.84. The van der Waals surface area contributed by atoms with E-state index in [-0.39, 0.29) is 17.6 Å². The van der Waals surface area contributed by atoms with Crippen molar-refractivity contribution < 1.29 is 14.3 Å². The molecule has 1 saturated heterocycles. The van der Waals surface area contributed by atoms with E-state index in [1.165, 1.54) is 12.7 Å². The SMILES string of the molecule is COC(=O)C1=C(C)NC2NC(SCc3ccccc3)NC(=O)C2C1c1ccncc1. The van der Waals surface area contributed by atoms with Gasteiger partial charge in [-0.05, 0) is 30.2 Å². The highest BCUT2D eigenvalue weighted by molar-refractivity contribution is 7.99. The Hall–Kier alpha value is -2.84. The predicted molar refractivity (Wildman–Crippen MR) is 115 cm³/mol. The van der Waals surface area contributed by atoms with Crippen LogP contribution in [-0.4, -0.2) is 35.6 Å². The van der Waals surface area contributed by atoms with Gasteiger partial charge in [-0.25, -0.2) is 4.79 Å². The van der Waals surface area contributed by atoms with Crippen molar-refractivity contribution in [2.45, 2.75) is 30.3 Å². The van der Waals surface area contributed by atoms with Crippen molar-refractivity contribution in [1.29, 1.82) is 0 Å². The van der Waals surface area contributed by atoms with E-state index < -0.39 is 17.8 Å². The van der Waals surface area contributed by atoms with E-state index in [0.717, 1.165) is 11.3 Å². The van der Waals surface area contributed by atoms with Gasteiger partial charge in [-0.15, -0.1) is 11.8 Å². The minimum Gasteiger partial charge on any atom is -0.466 e. The van der Waals surface area contributed by atoms with Crippen LogP contribution >= 0.6 is 11.8 Å². The Kier molecular flexibility index (Phi) is 6.06. The lowest BCUT2D eigenvalue weighted by Crippen LogP contribution is -2.67. The van der Waals surface area contributed by atoms with Crippen molar-refractivity contribution in [3.8, 4) is 0 Å². The molecule has 156 valence electrons. The summed E-state index contributed by atoms with van der Waals surface area (Å²) in [7, 11) is 1.35. The Labute approximate surface area is 179 Å². The Morgan fingerprint density at radius 3 is 2.57 bits per heavy atom. The number of hydrogen-bond acceptors (Lipinski definition) is 7. The molecule has 1 aromatic carbocycles. The number of benzene rings is 1. The molecule has 1 amide bonds. The second-order valence-electron chi connectivity index (χ2n) is 7.29. The second kappa shape index (κ2) is 8.89. The maximum Gasteiger partial charge on any atom is 0.336 e. The van der Waals surface area contributed by atoms with E-state index in [2.05, 4.69) is 33.1 Å². The number of thioether (sulfide) groups is 1. The monoisotopic (exact) mass is 424 g/mol. The average molecular weight is 425 g/mol. The van der Waals surface area contributed by atoms with Gasteiger partial charge in [-0.3, -0.25) is 15.1 Å². The lowest BCUT2D eigenvalue weighted by molar-refractivity contribution is -0.137. The number of methoxy groups -OCH3 is 1. The maximum absolute atomic E-state index is 13.2. The van der Waals surface area contributed by atoms with Gasteiger partial charge in [0, 0.05) is 29.8 Å². The fraction of sp³-hybridized carbons (Fsp3) is 0.318. The lowest BCUT2D eigenvalue weighted by Gasteiger charge is -2.45. The summed E-state index contributed by atoms with van der Waals surface area (Å²) in [6.07, 6.45) is 3.03. The number of hydrogen-bond donors (Lipinski definition) is 3. The fourth-order valence-electron chi connectivity index (χ4n) is 4.06. The van der Waals surface area contributed by atoms with Crippen molar-refractivity contribution >= 4 is 23.6 Å². The first-order valence-corrected chi connectivity index (χ1v) is 10.8. The van der Waals surface area contributed by atoms with Crippen LogP contribution in [0.3, 0.4) is 0 Å². The summed E-state index contributed by atoms with van der Waals surface area (Å²) >= 11 is 1.62. The molecule has 1 fully saturated rings. The maximum atomic E-state index is 13.2. The van der Waals surface area contributed by atoms with E-state index in [4.69, 9.17) is 4.74 Å². The van der Waals surface area contributed by atoms with E-state index in [9.17, 15) is 9.59 Å². The number of amides is 1. The summed E-state index contributed by atoms with van der Waals surface area (Å²) in [5, 5.41) is 9.86. The standard InChI is InChI=1S/C22H24N4O3S/c1-13-16(21(28)29-2)17(15-8-10-23-11-9-15)18-19(24-13)25-22(26-20(18)27)30-12-14-6-4-3-5-7-14/h3-11,17-19,22,24-25H,12H2,1-2H3,(H,26,27). The van der Waals surface area contributed by atoms with Crippen LogP contribution in [0.2, 0.25) is 0 Å². The zero-order valence-corrected chi connectivity index (χ0v) is 17.6. The molecule has 30 heavy (non-hydrogen) atoms. The number of ether oxygens (including phenoxy) is 1. The minimum absolute atomic E-state index is 0.104. The molecule has 4 atom stereocenters. The zero-order chi connectivity index (χ0) is 21.1. The molecule has 3 heterocycles. The number of aromatic nitrogens is 1. The number of esters is 1. The van der Waals surface area contributed by atoms with Crippen LogP contribution in [0.25, 0.3) is 0 Å². The number of carbonyl (C=O) groups excluding carboxylic acids is 2. The van der Waals surface area contributed by atoms with Crippen molar-refractivity contribution in [3.63, 3.8) is 0 Å². The zero-order valence-electron chi connectivity index (χ0n) is 16.8. The van der Waals surface area contributed by atoms with Crippen LogP contribution in [0.4, 0.5) is 0 Å². The largest absolute Gasteiger partial charge is 0.466 e. The first-order valence-electron chi connectivity index (χ1n) is 9.76. The topological polar surface area (TPSA) is 92.4 Å². The van der Waals surface area contributed by atoms with Gasteiger partial charge >= 0.3 is 5.97 Å². The smallest absolute Gasteiger partial charge is 0.336 e. The molecule has 0 saturated carbocycles. The molecule has 1 aromatic heterocycles. The molecule has 8 heteroatoms. The third kappa shape index (κ3) is 4.06. The van der Waals surface area contributed by atoms with Crippen LogP contribution in [0.5, 0.6) is 0 Å². The quantitative estimate of drug-likeness (QED) is 0.633. The predicted octanol–water partition coefficient (Wildman–Crippen LogP) is 2.09. The van der Waals surface area contributed by atoms with E-state index in [1.54, 1.807) is 24.2 Å². The number of allylic oxidation sites excluding steroid dienone is 1. The van der Waals surface area contributed by atoms with Gasteiger partial charge in [-0.1, -0.05) is 30.3 Å². The van der Waals surface area contributed by atoms with E-state index >= 15 is 0 Å². The molecule has 0 spiro atoms. The first kappa shape index (κ1) is 20.4. The molecule has 0 radical (unpaired) electrons. The molecule has 0 bridgehead atoms. The van der Waals surface area contributed by atoms with Crippen LogP contribution in [-0.2, 0) is 20.1 Å². The lowest BCUT2D eigenvalue weighted by atomic mass is 9.74. The highest BCUT2D eigenvalue weighted by Crippen LogP contribution is 2.40. The molecule has 2 aromatic rings. The summed E-state index contributed by atoms with van der Waals surface area (Å²) in [5.74, 6) is -0.703. The third-order valence-electron chi connectivity index (χ3n) is 5.44. The van der Waals surface area contributed by atoms with E-state index in [1.807, 2.05) is 37.3 Å². The average Bonchev–Trinajstić information content (AvgIpc) is 2.77. The molecule has 4 unspecified atom stereocenters. The van der Waals surface area contributed by atoms with Gasteiger partial charge in [0.2, 0.25) is 5.91 Å². The normalized spacial score (nSPS) is 25.7. The number of rotatable bonds is 5.